The molecule has 1 aliphatic carbocycles. The van der Waals surface area contributed by atoms with E-state index >= 15 is 0 Å². The highest BCUT2D eigenvalue weighted by molar-refractivity contribution is 9.10. The molecule has 1 aliphatic rings. The maximum absolute atomic E-state index is 12.0. The molecule has 1 saturated carbocycles. The number of hydrogen-bond acceptors (Lipinski definition) is 4. The van der Waals surface area contributed by atoms with Gasteiger partial charge in [0.05, 0.1) is 0 Å². The van der Waals surface area contributed by atoms with Crippen LogP contribution in [0.1, 0.15) is 41.8 Å². The van der Waals surface area contributed by atoms with E-state index in [0.29, 0.717) is 23.0 Å². The highest BCUT2D eigenvalue weighted by Gasteiger charge is 2.43. The van der Waals surface area contributed by atoms with Gasteiger partial charge in [-0.3, -0.25) is 4.79 Å². The Kier molecular flexibility index (Phi) is 3.43. The summed E-state index contributed by atoms with van der Waals surface area (Å²) in [6.07, 6.45) is 2.49. The zero-order chi connectivity index (χ0) is 13.3. The van der Waals surface area contributed by atoms with Gasteiger partial charge in [-0.15, -0.1) is 0 Å². The minimum absolute atomic E-state index is 0.0504. The average molecular weight is 317 g/mol. The summed E-state index contributed by atoms with van der Waals surface area (Å²) in [5.74, 6) is -1.48. The lowest BCUT2D eigenvalue weighted by Gasteiger charge is -2.24. The Balaban J connectivity index is 2.20. The number of carbonyl (C=O) groups is 2. The molecule has 98 valence electrons. The average Bonchev–Trinajstić information content (AvgIpc) is 2.89. The van der Waals surface area contributed by atoms with Crippen molar-refractivity contribution in [2.45, 2.75) is 38.1 Å². The first-order chi connectivity index (χ1) is 8.46. The van der Waals surface area contributed by atoms with Crippen LogP contribution >= 0.6 is 15.9 Å². The Morgan fingerprint density at radius 2 is 2.06 bits per heavy atom. The van der Waals surface area contributed by atoms with Crippen molar-refractivity contribution in [3.63, 3.8) is 0 Å². The van der Waals surface area contributed by atoms with E-state index in [9.17, 15) is 14.7 Å². The van der Waals surface area contributed by atoms with Crippen molar-refractivity contribution in [2.75, 3.05) is 0 Å². The highest BCUT2D eigenvalue weighted by Crippen LogP contribution is 2.30. The molecule has 2 N–H and O–H groups in total. The number of nitrogens with one attached hydrogen (secondary N) is 1. The lowest BCUT2D eigenvalue weighted by atomic mass is 9.97. The van der Waals surface area contributed by atoms with Gasteiger partial charge in [-0.2, -0.15) is 0 Å². The minimum Gasteiger partial charge on any atom is -0.480 e. The Hall–Kier alpha value is -1.37. The fourth-order valence-electron chi connectivity index (χ4n) is 2.17. The predicted molar refractivity (Wildman–Crippen MR) is 65.2 cm³/mol. The number of carboxylic acid groups (broad SMARTS) is 1. The van der Waals surface area contributed by atoms with E-state index in [1.807, 2.05) is 0 Å². The molecule has 1 heterocycles. The Labute approximate surface area is 112 Å². The largest absolute Gasteiger partial charge is 0.480 e. The van der Waals surface area contributed by atoms with Crippen LogP contribution in [-0.2, 0) is 4.79 Å². The molecule has 0 atom stereocenters. The fraction of sp³-hybridized carbons (Fsp3) is 0.545. The number of amides is 1. The maximum atomic E-state index is 12.0. The molecular weight excluding hydrogens is 304 g/mol. The van der Waals surface area contributed by atoms with Gasteiger partial charge in [-0.1, -0.05) is 18.0 Å². The molecule has 0 unspecified atom stereocenters. The lowest BCUT2D eigenvalue weighted by molar-refractivity contribution is -0.144. The number of hydrogen-bond donors (Lipinski definition) is 2. The van der Waals surface area contributed by atoms with Crippen LogP contribution in [0.4, 0.5) is 0 Å². The number of carboxylic acids is 1. The monoisotopic (exact) mass is 316 g/mol. The number of halogens is 1. The van der Waals surface area contributed by atoms with E-state index < -0.39 is 17.4 Å². The molecule has 0 aliphatic heterocycles. The van der Waals surface area contributed by atoms with Gasteiger partial charge in [0.2, 0.25) is 5.76 Å². The van der Waals surface area contributed by atoms with Crippen molar-refractivity contribution in [1.82, 2.24) is 10.5 Å². The van der Waals surface area contributed by atoms with E-state index in [0.717, 1.165) is 12.8 Å². The summed E-state index contributed by atoms with van der Waals surface area (Å²) in [6.45, 7) is 1.68. The van der Waals surface area contributed by atoms with Crippen molar-refractivity contribution in [3.05, 3.63) is 15.9 Å². The van der Waals surface area contributed by atoms with Crippen LogP contribution in [0.15, 0.2) is 9.13 Å². The lowest BCUT2D eigenvalue weighted by Crippen LogP contribution is -2.52. The summed E-state index contributed by atoms with van der Waals surface area (Å²) in [5.41, 5.74) is -0.603. The van der Waals surface area contributed by atoms with E-state index in [1.54, 1.807) is 6.92 Å². The third kappa shape index (κ3) is 2.14. The molecule has 1 amide bonds. The molecule has 0 bridgehead atoms. The van der Waals surface area contributed by atoms with Gasteiger partial charge in [-0.25, -0.2) is 4.79 Å². The van der Waals surface area contributed by atoms with Gasteiger partial charge in [0, 0.05) is 5.56 Å². The van der Waals surface area contributed by atoms with Gasteiger partial charge in [0.15, 0.2) is 4.60 Å². The van der Waals surface area contributed by atoms with E-state index in [-0.39, 0.29) is 5.76 Å². The minimum atomic E-state index is -1.16. The Morgan fingerprint density at radius 3 is 2.50 bits per heavy atom. The molecule has 2 rings (SSSR count). The number of rotatable bonds is 3. The third-order valence-corrected chi connectivity index (χ3v) is 4.03. The zero-order valence-electron chi connectivity index (χ0n) is 9.83. The highest BCUT2D eigenvalue weighted by atomic mass is 79.9. The van der Waals surface area contributed by atoms with Gasteiger partial charge in [0.25, 0.3) is 5.91 Å². The molecule has 1 aromatic heterocycles. The summed E-state index contributed by atoms with van der Waals surface area (Å²) in [6, 6.07) is 0. The number of aromatic nitrogens is 1. The number of aliphatic carboxylic acids is 1. The van der Waals surface area contributed by atoms with Crippen molar-refractivity contribution in [1.29, 1.82) is 0 Å². The second kappa shape index (κ2) is 4.72. The van der Waals surface area contributed by atoms with Gasteiger partial charge < -0.3 is 14.9 Å². The van der Waals surface area contributed by atoms with Crippen LogP contribution in [0.25, 0.3) is 0 Å². The zero-order valence-corrected chi connectivity index (χ0v) is 11.4. The standard InChI is InChI=1S/C11H13BrN2O4/c1-6-7(18-14-8(6)12)9(15)13-11(10(16)17)4-2-3-5-11/h2-5H2,1H3,(H,13,15)(H,16,17). The summed E-state index contributed by atoms with van der Waals surface area (Å²) in [7, 11) is 0. The molecule has 1 fully saturated rings. The van der Waals surface area contributed by atoms with E-state index in [4.69, 9.17) is 4.52 Å². The summed E-state index contributed by atoms with van der Waals surface area (Å²) in [5, 5.41) is 15.4. The van der Waals surface area contributed by atoms with Crippen LogP contribution in [0.3, 0.4) is 0 Å². The van der Waals surface area contributed by atoms with E-state index in [2.05, 4.69) is 26.4 Å². The first kappa shape index (κ1) is 13.1. The molecule has 0 saturated heterocycles. The normalized spacial score (nSPS) is 17.7. The van der Waals surface area contributed by atoms with Crippen LogP contribution in [0, 0.1) is 6.92 Å². The topological polar surface area (TPSA) is 92.4 Å². The summed E-state index contributed by atoms with van der Waals surface area (Å²) < 4.78 is 5.34. The second-order valence-corrected chi connectivity index (χ2v) is 5.23. The molecule has 0 spiro atoms. The predicted octanol–water partition coefficient (Wildman–Crippen LogP) is 1.87. The summed E-state index contributed by atoms with van der Waals surface area (Å²) in [4.78, 5) is 23.3. The molecule has 18 heavy (non-hydrogen) atoms. The van der Waals surface area contributed by atoms with Gasteiger partial charge in [0.1, 0.15) is 5.54 Å². The molecule has 0 aromatic carbocycles. The van der Waals surface area contributed by atoms with Crippen molar-refractivity contribution >= 4 is 27.8 Å². The first-order valence-electron chi connectivity index (χ1n) is 5.64. The molecule has 1 aromatic rings. The van der Waals surface area contributed by atoms with Crippen molar-refractivity contribution in [2.24, 2.45) is 0 Å². The quantitative estimate of drug-likeness (QED) is 0.888. The Bertz CT molecular complexity index is 491. The first-order valence-corrected chi connectivity index (χ1v) is 6.43. The molecule has 0 radical (unpaired) electrons. The molecular formula is C11H13BrN2O4. The SMILES string of the molecule is Cc1c(Br)noc1C(=O)NC1(C(=O)O)CCCC1. The Morgan fingerprint density at radius 1 is 1.44 bits per heavy atom. The summed E-state index contributed by atoms with van der Waals surface area (Å²) >= 11 is 3.14. The van der Waals surface area contributed by atoms with Crippen LogP contribution < -0.4 is 5.32 Å². The van der Waals surface area contributed by atoms with Crippen molar-refractivity contribution < 1.29 is 19.2 Å². The van der Waals surface area contributed by atoms with Crippen LogP contribution in [0.2, 0.25) is 0 Å². The van der Waals surface area contributed by atoms with Gasteiger partial charge >= 0.3 is 5.97 Å². The smallest absolute Gasteiger partial charge is 0.329 e. The van der Waals surface area contributed by atoms with Crippen LogP contribution in [0.5, 0.6) is 0 Å². The molecule has 6 nitrogen and oxygen atoms in total. The number of nitrogens with zero attached hydrogens (tertiary/aromatic N) is 1. The third-order valence-electron chi connectivity index (χ3n) is 3.29. The van der Waals surface area contributed by atoms with Crippen molar-refractivity contribution in [3.8, 4) is 0 Å². The van der Waals surface area contributed by atoms with Gasteiger partial charge in [-0.05, 0) is 35.7 Å². The number of carbonyl (C=O) groups excluding carboxylic acids is 1. The van der Waals surface area contributed by atoms with E-state index in [1.165, 1.54) is 0 Å². The maximum Gasteiger partial charge on any atom is 0.329 e. The second-order valence-electron chi connectivity index (χ2n) is 4.48. The fourth-order valence-corrected chi connectivity index (χ4v) is 2.43. The molecule has 7 heteroatoms. The van der Waals surface area contributed by atoms with Crippen LogP contribution in [-0.4, -0.2) is 27.7 Å².